The van der Waals surface area contributed by atoms with E-state index in [1.165, 1.54) is 0 Å². The number of anilines is 2. The Hall–Kier alpha value is -3.29. The third kappa shape index (κ3) is 3.64. The summed E-state index contributed by atoms with van der Waals surface area (Å²) in [7, 11) is 0. The van der Waals surface area contributed by atoms with E-state index >= 15 is 0 Å². The number of carbonyl (C=O) groups excluding carboxylic acids is 1. The van der Waals surface area contributed by atoms with E-state index in [2.05, 4.69) is 30.5 Å². The van der Waals surface area contributed by atoms with Gasteiger partial charge in [-0.15, -0.1) is 0 Å². The van der Waals surface area contributed by atoms with Gasteiger partial charge in [-0.25, -0.2) is 14.6 Å². The van der Waals surface area contributed by atoms with Crippen molar-refractivity contribution in [2.24, 2.45) is 0 Å². The van der Waals surface area contributed by atoms with Crippen molar-refractivity contribution in [2.45, 2.75) is 25.8 Å². The molecule has 0 bridgehead atoms. The van der Waals surface area contributed by atoms with Gasteiger partial charge in [0.25, 0.3) is 0 Å². The number of benzene rings is 1. The minimum absolute atomic E-state index is 0.222. The van der Waals surface area contributed by atoms with Crippen LogP contribution < -0.4 is 21.2 Å². The lowest BCUT2D eigenvalue weighted by Crippen LogP contribution is -2.32. The number of imidazole rings is 1. The highest BCUT2D eigenvalue weighted by molar-refractivity contribution is 5.92. The van der Waals surface area contributed by atoms with Crippen molar-refractivity contribution in [3.8, 4) is 0 Å². The second-order valence-corrected chi connectivity index (χ2v) is 6.77. The number of hydrogen-bond acceptors (Lipinski definition) is 4. The van der Waals surface area contributed by atoms with E-state index in [4.69, 9.17) is 0 Å². The van der Waals surface area contributed by atoms with Crippen molar-refractivity contribution in [1.29, 1.82) is 0 Å². The number of hydrogen-bond donors (Lipinski definition) is 4. The normalized spacial score (nSPS) is 15.1. The SMILES string of the molecule is CC(NC(=O)Nc1cccnc1N1CCCC1)c1ccc2[nH]c(=O)[nH]c2c1. The molecule has 2 amide bonds. The number of aromatic amines is 2. The molecule has 1 aliphatic rings. The minimum atomic E-state index is -0.293. The van der Waals surface area contributed by atoms with Crippen molar-refractivity contribution >= 4 is 28.6 Å². The molecular weight excluding hydrogens is 344 g/mol. The van der Waals surface area contributed by atoms with Crippen LogP contribution >= 0.6 is 0 Å². The first-order valence-corrected chi connectivity index (χ1v) is 9.09. The van der Waals surface area contributed by atoms with Crippen LogP contribution in [0.5, 0.6) is 0 Å². The van der Waals surface area contributed by atoms with E-state index in [1.54, 1.807) is 6.20 Å². The number of pyridine rings is 1. The van der Waals surface area contributed by atoms with Gasteiger partial charge in [0.2, 0.25) is 0 Å². The van der Waals surface area contributed by atoms with E-state index in [0.717, 1.165) is 48.3 Å². The predicted molar refractivity (Wildman–Crippen MR) is 105 cm³/mol. The van der Waals surface area contributed by atoms with Gasteiger partial charge in [-0.05, 0) is 49.6 Å². The number of urea groups is 1. The smallest absolute Gasteiger partial charge is 0.323 e. The quantitative estimate of drug-likeness (QED) is 0.570. The first-order chi connectivity index (χ1) is 13.1. The highest BCUT2D eigenvalue weighted by Gasteiger charge is 2.18. The Balaban J connectivity index is 1.46. The molecule has 1 fully saturated rings. The summed E-state index contributed by atoms with van der Waals surface area (Å²) in [5.74, 6) is 0.809. The minimum Gasteiger partial charge on any atom is -0.355 e. The Kier molecular flexibility index (Phi) is 4.53. The van der Waals surface area contributed by atoms with Crippen molar-refractivity contribution in [1.82, 2.24) is 20.3 Å². The number of carbonyl (C=O) groups is 1. The Morgan fingerprint density at radius 2 is 1.96 bits per heavy atom. The molecule has 0 aliphatic carbocycles. The molecule has 0 saturated carbocycles. The number of fused-ring (bicyclic) bond motifs is 1. The molecule has 3 heterocycles. The summed E-state index contributed by atoms with van der Waals surface area (Å²) in [4.78, 5) is 36.0. The summed E-state index contributed by atoms with van der Waals surface area (Å²) in [6.45, 7) is 3.81. The average molecular weight is 366 g/mol. The van der Waals surface area contributed by atoms with Crippen LogP contribution in [0.15, 0.2) is 41.3 Å². The van der Waals surface area contributed by atoms with Crippen molar-refractivity contribution in [3.05, 3.63) is 52.6 Å². The van der Waals surface area contributed by atoms with E-state index in [1.807, 2.05) is 37.3 Å². The third-order valence-corrected chi connectivity index (χ3v) is 4.83. The van der Waals surface area contributed by atoms with Gasteiger partial charge in [0.1, 0.15) is 0 Å². The Morgan fingerprint density at radius 1 is 1.19 bits per heavy atom. The molecule has 3 aromatic rings. The van der Waals surface area contributed by atoms with Crippen molar-refractivity contribution in [2.75, 3.05) is 23.3 Å². The first-order valence-electron chi connectivity index (χ1n) is 9.09. The zero-order valence-electron chi connectivity index (χ0n) is 15.1. The molecule has 1 aromatic carbocycles. The Bertz CT molecular complexity index is 1020. The van der Waals surface area contributed by atoms with Gasteiger partial charge in [0.15, 0.2) is 5.82 Å². The fourth-order valence-electron chi connectivity index (χ4n) is 3.43. The van der Waals surface area contributed by atoms with Crippen LogP contribution in [0.3, 0.4) is 0 Å². The number of amides is 2. The summed E-state index contributed by atoms with van der Waals surface area (Å²) in [5.41, 5.74) is 2.82. The van der Waals surface area contributed by atoms with Gasteiger partial charge in [0, 0.05) is 19.3 Å². The summed E-state index contributed by atoms with van der Waals surface area (Å²) in [6.07, 6.45) is 4.03. The number of rotatable bonds is 4. The fourth-order valence-corrected chi connectivity index (χ4v) is 3.43. The second kappa shape index (κ2) is 7.14. The lowest BCUT2D eigenvalue weighted by atomic mass is 10.1. The van der Waals surface area contributed by atoms with Crippen molar-refractivity contribution in [3.63, 3.8) is 0 Å². The van der Waals surface area contributed by atoms with E-state index < -0.39 is 0 Å². The summed E-state index contributed by atoms with van der Waals surface area (Å²) >= 11 is 0. The molecule has 140 valence electrons. The lowest BCUT2D eigenvalue weighted by molar-refractivity contribution is 0.249. The van der Waals surface area contributed by atoms with E-state index in [9.17, 15) is 9.59 Å². The van der Waals surface area contributed by atoms with Crippen LogP contribution in [0.1, 0.15) is 31.4 Å². The van der Waals surface area contributed by atoms with Gasteiger partial charge < -0.3 is 25.5 Å². The molecule has 4 N–H and O–H groups in total. The van der Waals surface area contributed by atoms with Crippen LogP contribution in [0, 0.1) is 0 Å². The van der Waals surface area contributed by atoms with Gasteiger partial charge in [-0.1, -0.05) is 6.07 Å². The molecule has 8 nitrogen and oxygen atoms in total. The maximum absolute atomic E-state index is 12.5. The largest absolute Gasteiger partial charge is 0.355 e. The highest BCUT2D eigenvalue weighted by Crippen LogP contribution is 2.26. The maximum Gasteiger partial charge on any atom is 0.323 e. The molecule has 4 rings (SSSR count). The zero-order valence-corrected chi connectivity index (χ0v) is 15.1. The molecule has 0 radical (unpaired) electrons. The Morgan fingerprint density at radius 3 is 2.78 bits per heavy atom. The van der Waals surface area contributed by atoms with E-state index in [-0.39, 0.29) is 17.8 Å². The first kappa shape index (κ1) is 17.1. The van der Waals surface area contributed by atoms with Gasteiger partial charge in [-0.2, -0.15) is 0 Å². The second-order valence-electron chi connectivity index (χ2n) is 6.77. The molecular formula is C19H22N6O2. The van der Waals surface area contributed by atoms with Crippen LogP contribution in [0.25, 0.3) is 11.0 Å². The molecule has 1 saturated heterocycles. The summed E-state index contributed by atoms with van der Waals surface area (Å²) < 4.78 is 0. The summed E-state index contributed by atoms with van der Waals surface area (Å²) in [5, 5.41) is 5.85. The Labute approximate surface area is 156 Å². The van der Waals surface area contributed by atoms with E-state index in [0.29, 0.717) is 5.69 Å². The molecule has 8 heteroatoms. The number of nitrogens with zero attached hydrogens (tertiary/aromatic N) is 2. The highest BCUT2D eigenvalue weighted by atomic mass is 16.2. The third-order valence-electron chi connectivity index (χ3n) is 4.83. The molecule has 0 spiro atoms. The average Bonchev–Trinajstić information content (AvgIpc) is 3.29. The van der Waals surface area contributed by atoms with Gasteiger partial charge in [-0.3, -0.25) is 0 Å². The summed E-state index contributed by atoms with van der Waals surface area (Å²) in [6, 6.07) is 8.73. The van der Waals surface area contributed by atoms with Gasteiger partial charge in [0.05, 0.1) is 22.8 Å². The van der Waals surface area contributed by atoms with Crippen LogP contribution in [0.2, 0.25) is 0 Å². The monoisotopic (exact) mass is 366 g/mol. The molecule has 1 aliphatic heterocycles. The molecule has 27 heavy (non-hydrogen) atoms. The zero-order chi connectivity index (χ0) is 18.8. The number of nitrogens with one attached hydrogen (secondary N) is 4. The number of aromatic nitrogens is 3. The molecule has 1 atom stereocenters. The topological polar surface area (TPSA) is 106 Å². The van der Waals surface area contributed by atoms with Gasteiger partial charge >= 0.3 is 11.7 Å². The maximum atomic E-state index is 12.5. The van der Waals surface area contributed by atoms with Crippen LogP contribution in [-0.4, -0.2) is 34.1 Å². The lowest BCUT2D eigenvalue weighted by Gasteiger charge is -2.21. The standard InChI is InChI=1S/C19H22N6O2/c1-12(13-6-7-14-16(11-13)24-19(27)22-14)21-18(26)23-15-5-4-8-20-17(15)25-9-2-3-10-25/h4-8,11-12H,2-3,9-10H2,1H3,(H2,21,23,26)(H2,22,24,27). The molecule has 1 unspecified atom stereocenters. The number of H-pyrrole nitrogens is 2. The molecule has 2 aromatic heterocycles. The predicted octanol–water partition coefficient (Wildman–Crippen LogP) is 2.73. The van der Waals surface area contributed by atoms with Crippen molar-refractivity contribution < 1.29 is 4.79 Å². The fraction of sp³-hybridized carbons (Fsp3) is 0.316. The van der Waals surface area contributed by atoms with Crippen LogP contribution in [-0.2, 0) is 0 Å². The van der Waals surface area contributed by atoms with Crippen LogP contribution in [0.4, 0.5) is 16.3 Å².